The van der Waals surface area contributed by atoms with Gasteiger partial charge in [-0.25, -0.2) is 0 Å². The molecule has 0 heterocycles. The Morgan fingerprint density at radius 3 is 2.42 bits per heavy atom. The number of ether oxygens (including phenoxy) is 1. The third-order valence-electron chi connectivity index (χ3n) is 3.60. The quantitative estimate of drug-likeness (QED) is 0.362. The molecule has 0 aliphatic rings. The van der Waals surface area contributed by atoms with E-state index in [1.54, 1.807) is 24.3 Å². The van der Waals surface area contributed by atoms with Gasteiger partial charge in [-0.3, -0.25) is 14.4 Å². The van der Waals surface area contributed by atoms with Gasteiger partial charge in [0, 0.05) is 18.4 Å². The van der Waals surface area contributed by atoms with Gasteiger partial charge in [0.25, 0.3) is 0 Å². The number of ketones is 1. The number of esters is 1. The molecule has 0 aromatic heterocycles. The van der Waals surface area contributed by atoms with Crippen molar-refractivity contribution in [3.63, 3.8) is 0 Å². The standard InChI is InChI=1S/C19H27NO4/c1-2-3-4-8-11-18(22)20-14-15-24-19(23)13-12-17(21)16-9-6-5-7-10-16/h5-7,9-10H,2-4,8,11-15H2,1H3,(H,20,22). The monoisotopic (exact) mass is 333 g/mol. The van der Waals surface area contributed by atoms with Crippen LogP contribution in [0.15, 0.2) is 30.3 Å². The zero-order chi connectivity index (χ0) is 17.6. The summed E-state index contributed by atoms with van der Waals surface area (Å²) in [5, 5.41) is 2.72. The first-order chi connectivity index (χ1) is 11.6. The van der Waals surface area contributed by atoms with E-state index in [1.807, 2.05) is 6.07 Å². The van der Waals surface area contributed by atoms with E-state index in [0.29, 0.717) is 18.5 Å². The average Bonchev–Trinajstić information content (AvgIpc) is 2.61. The molecule has 0 radical (unpaired) electrons. The predicted octanol–water partition coefficient (Wildman–Crippen LogP) is 3.28. The highest BCUT2D eigenvalue weighted by Crippen LogP contribution is 2.05. The van der Waals surface area contributed by atoms with Gasteiger partial charge in [-0.15, -0.1) is 0 Å². The third-order valence-corrected chi connectivity index (χ3v) is 3.60. The van der Waals surface area contributed by atoms with Gasteiger partial charge in [0.15, 0.2) is 5.78 Å². The van der Waals surface area contributed by atoms with Gasteiger partial charge >= 0.3 is 5.97 Å². The molecule has 0 atom stereocenters. The fourth-order valence-electron chi connectivity index (χ4n) is 2.21. The van der Waals surface area contributed by atoms with Crippen molar-refractivity contribution >= 4 is 17.7 Å². The molecule has 0 spiro atoms. The summed E-state index contributed by atoms with van der Waals surface area (Å²) in [4.78, 5) is 35.0. The molecule has 1 amide bonds. The summed E-state index contributed by atoms with van der Waals surface area (Å²) in [5.74, 6) is -0.509. The molecular weight excluding hydrogens is 306 g/mol. The molecule has 5 heteroatoms. The minimum Gasteiger partial charge on any atom is -0.464 e. The van der Waals surface area contributed by atoms with Crippen LogP contribution in [0.5, 0.6) is 0 Å². The van der Waals surface area contributed by atoms with Gasteiger partial charge in [-0.1, -0.05) is 56.5 Å². The van der Waals surface area contributed by atoms with Crippen molar-refractivity contribution in [3.8, 4) is 0 Å². The molecule has 132 valence electrons. The molecule has 0 aliphatic heterocycles. The molecule has 0 saturated heterocycles. The number of unbranched alkanes of at least 4 members (excludes halogenated alkanes) is 3. The highest BCUT2D eigenvalue weighted by molar-refractivity contribution is 5.97. The number of Topliss-reactive ketones (excluding diaryl/α,β-unsaturated/α-hetero) is 1. The molecule has 24 heavy (non-hydrogen) atoms. The first-order valence-corrected chi connectivity index (χ1v) is 8.64. The van der Waals surface area contributed by atoms with Gasteiger partial charge in [0.1, 0.15) is 6.61 Å². The number of nitrogens with one attached hydrogen (secondary N) is 1. The molecule has 0 bridgehead atoms. The predicted molar refractivity (Wildman–Crippen MR) is 92.7 cm³/mol. The lowest BCUT2D eigenvalue weighted by atomic mass is 10.1. The molecule has 0 aliphatic carbocycles. The van der Waals surface area contributed by atoms with Crippen LogP contribution in [0.25, 0.3) is 0 Å². The van der Waals surface area contributed by atoms with Crippen molar-refractivity contribution in [1.82, 2.24) is 5.32 Å². The largest absolute Gasteiger partial charge is 0.464 e. The van der Waals surface area contributed by atoms with Crippen LogP contribution in [0.1, 0.15) is 62.2 Å². The first-order valence-electron chi connectivity index (χ1n) is 8.64. The van der Waals surface area contributed by atoms with Crippen molar-refractivity contribution in [1.29, 1.82) is 0 Å². The molecule has 1 aromatic rings. The van der Waals surface area contributed by atoms with Gasteiger partial charge in [0.05, 0.1) is 13.0 Å². The highest BCUT2D eigenvalue weighted by Gasteiger charge is 2.10. The SMILES string of the molecule is CCCCCCC(=O)NCCOC(=O)CCC(=O)c1ccccc1. The zero-order valence-electron chi connectivity index (χ0n) is 14.4. The van der Waals surface area contributed by atoms with E-state index in [-0.39, 0.29) is 31.1 Å². The summed E-state index contributed by atoms with van der Waals surface area (Å²) >= 11 is 0. The summed E-state index contributed by atoms with van der Waals surface area (Å²) in [6.07, 6.45) is 4.94. The van der Waals surface area contributed by atoms with Gasteiger partial charge in [-0.2, -0.15) is 0 Å². The number of carbonyl (C=O) groups is 3. The lowest BCUT2D eigenvalue weighted by Gasteiger charge is -2.07. The van der Waals surface area contributed by atoms with Crippen molar-refractivity contribution in [3.05, 3.63) is 35.9 Å². The number of hydrogen-bond donors (Lipinski definition) is 1. The Hall–Kier alpha value is -2.17. The second kappa shape index (κ2) is 12.3. The molecule has 1 N–H and O–H groups in total. The van der Waals surface area contributed by atoms with E-state index < -0.39 is 5.97 Å². The van der Waals surface area contributed by atoms with Gasteiger partial charge < -0.3 is 10.1 Å². The zero-order valence-corrected chi connectivity index (χ0v) is 14.4. The minimum absolute atomic E-state index is 0.0126. The van der Waals surface area contributed by atoms with E-state index in [2.05, 4.69) is 12.2 Å². The van der Waals surface area contributed by atoms with E-state index in [1.165, 1.54) is 0 Å². The van der Waals surface area contributed by atoms with Crippen molar-refractivity contribution in [2.45, 2.75) is 51.9 Å². The second-order valence-corrected chi connectivity index (χ2v) is 5.67. The number of benzene rings is 1. The topological polar surface area (TPSA) is 72.5 Å². The van der Waals surface area contributed by atoms with Crippen molar-refractivity contribution in [2.24, 2.45) is 0 Å². The van der Waals surface area contributed by atoms with Crippen molar-refractivity contribution < 1.29 is 19.1 Å². The van der Waals surface area contributed by atoms with Crippen LogP contribution in [0.2, 0.25) is 0 Å². The number of rotatable bonds is 12. The van der Waals surface area contributed by atoms with Gasteiger partial charge in [-0.05, 0) is 6.42 Å². The Balaban J connectivity index is 2.06. The second-order valence-electron chi connectivity index (χ2n) is 5.67. The van der Waals surface area contributed by atoms with E-state index in [0.717, 1.165) is 25.7 Å². The van der Waals surface area contributed by atoms with Crippen molar-refractivity contribution in [2.75, 3.05) is 13.2 Å². The smallest absolute Gasteiger partial charge is 0.306 e. The molecule has 5 nitrogen and oxygen atoms in total. The fraction of sp³-hybridized carbons (Fsp3) is 0.526. The summed E-state index contributed by atoms with van der Waals surface area (Å²) in [5.41, 5.74) is 0.598. The van der Waals surface area contributed by atoms with Crippen LogP contribution < -0.4 is 5.32 Å². The maximum Gasteiger partial charge on any atom is 0.306 e. The van der Waals surface area contributed by atoms with Crippen LogP contribution in [0.3, 0.4) is 0 Å². The summed E-state index contributed by atoms with van der Waals surface area (Å²) < 4.78 is 5.02. The van der Waals surface area contributed by atoms with Crippen LogP contribution in [-0.4, -0.2) is 30.8 Å². The molecule has 0 unspecified atom stereocenters. The number of amides is 1. The van der Waals surface area contributed by atoms with E-state index in [9.17, 15) is 14.4 Å². The molecule has 1 aromatic carbocycles. The summed E-state index contributed by atoms with van der Waals surface area (Å²) in [6.45, 7) is 2.58. The highest BCUT2D eigenvalue weighted by atomic mass is 16.5. The van der Waals surface area contributed by atoms with Crippen LogP contribution in [-0.2, 0) is 14.3 Å². The Morgan fingerprint density at radius 2 is 1.71 bits per heavy atom. The Morgan fingerprint density at radius 1 is 0.958 bits per heavy atom. The normalized spacial score (nSPS) is 10.2. The number of carbonyl (C=O) groups excluding carboxylic acids is 3. The maximum absolute atomic E-state index is 11.9. The number of hydrogen-bond acceptors (Lipinski definition) is 4. The average molecular weight is 333 g/mol. The molecule has 0 saturated carbocycles. The summed E-state index contributed by atoms with van der Waals surface area (Å²) in [7, 11) is 0. The fourth-order valence-corrected chi connectivity index (χ4v) is 2.21. The maximum atomic E-state index is 11.9. The van der Waals surface area contributed by atoms with Crippen LogP contribution in [0, 0.1) is 0 Å². The first kappa shape index (κ1) is 19.9. The lowest BCUT2D eigenvalue weighted by Crippen LogP contribution is -2.27. The molecular formula is C19H27NO4. The third kappa shape index (κ3) is 9.08. The van der Waals surface area contributed by atoms with E-state index in [4.69, 9.17) is 4.74 Å². The Kier molecular flexibility index (Phi) is 10.2. The summed E-state index contributed by atoms with van der Waals surface area (Å²) in [6, 6.07) is 8.86. The lowest BCUT2D eigenvalue weighted by molar-refractivity contribution is -0.143. The minimum atomic E-state index is -0.420. The van der Waals surface area contributed by atoms with Crippen LogP contribution >= 0.6 is 0 Å². The molecule has 0 fully saturated rings. The van der Waals surface area contributed by atoms with Crippen LogP contribution in [0.4, 0.5) is 0 Å². The Labute approximate surface area is 143 Å². The molecule has 1 rings (SSSR count). The van der Waals surface area contributed by atoms with Gasteiger partial charge in [0.2, 0.25) is 5.91 Å². The Bertz CT molecular complexity index is 513. The van der Waals surface area contributed by atoms with E-state index >= 15 is 0 Å².